The molecule has 13 heteroatoms. The molecule has 0 N–H and O–H groups in total. The predicted octanol–water partition coefficient (Wildman–Crippen LogP) is 0.784. The molecular formula is C37H34ClN2Na2O6S2+. The molecule has 5 rings (SSSR count). The predicted molar refractivity (Wildman–Crippen MR) is 187 cm³/mol. The number of anilines is 1. The van der Waals surface area contributed by atoms with Gasteiger partial charge in [-0.05, 0) is 90.7 Å². The molecule has 4 aromatic rings. The zero-order valence-electron chi connectivity index (χ0n) is 28.4. The third kappa shape index (κ3) is 10.6. The van der Waals surface area contributed by atoms with Crippen molar-refractivity contribution in [1.29, 1.82) is 0 Å². The molecular weight excluding hydrogens is 714 g/mol. The summed E-state index contributed by atoms with van der Waals surface area (Å²) in [5.41, 5.74) is 6.97. The summed E-state index contributed by atoms with van der Waals surface area (Å²) in [6.07, 6.45) is 8.07. The first-order valence-corrected chi connectivity index (χ1v) is 18.5. The Bertz CT molecular complexity index is 2170. The molecule has 0 bridgehead atoms. The summed E-state index contributed by atoms with van der Waals surface area (Å²) in [6.45, 7) is 6.17. The van der Waals surface area contributed by atoms with E-state index in [0.717, 1.165) is 33.7 Å². The Balaban J connectivity index is 0.00000338. The van der Waals surface area contributed by atoms with Gasteiger partial charge in [-0.15, -0.1) is 0 Å². The molecule has 0 aliphatic heterocycles. The summed E-state index contributed by atoms with van der Waals surface area (Å²) in [5, 5.41) is 0.604. The molecule has 0 amide bonds. The van der Waals surface area contributed by atoms with Crippen LogP contribution in [-0.4, -0.2) is 49.3 Å². The first-order chi connectivity index (χ1) is 22.9. The molecule has 0 unspecified atom stereocenters. The van der Waals surface area contributed by atoms with Crippen molar-refractivity contribution in [3.63, 3.8) is 0 Å². The van der Waals surface area contributed by atoms with E-state index < -0.39 is 20.2 Å². The molecule has 0 aromatic heterocycles. The van der Waals surface area contributed by atoms with Gasteiger partial charge in [0, 0.05) is 47.1 Å². The summed E-state index contributed by atoms with van der Waals surface area (Å²) in [5.74, 6) is 0. The third-order valence-corrected chi connectivity index (χ3v) is 10.1. The van der Waals surface area contributed by atoms with Gasteiger partial charge in [0.25, 0.3) is 0 Å². The molecule has 1 aliphatic carbocycles. The maximum atomic E-state index is 11.5. The first-order valence-electron chi connectivity index (χ1n) is 15.3. The van der Waals surface area contributed by atoms with E-state index in [-0.39, 0.29) is 68.9 Å². The fourth-order valence-corrected chi connectivity index (χ4v) is 6.94. The molecule has 0 heterocycles. The normalized spacial score (nSPS) is 12.6. The van der Waals surface area contributed by atoms with Gasteiger partial charge in [0.1, 0.15) is 26.8 Å². The van der Waals surface area contributed by atoms with E-state index in [1.165, 1.54) is 24.3 Å². The zero-order valence-corrected chi connectivity index (χ0v) is 34.8. The Morgan fingerprint density at radius 1 is 0.720 bits per heavy atom. The number of hydrogen-bond donors (Lipinski definition) is 0. The van der Waals surface area contributed by atoms with Crippen LogP contribution in [0.2, 0.25) is 5.02 Å². The minimum Gasteiger partial charge on any atom is -0.744 e. The Labute approximate surface area is 344 Å². The minimum atomic E-state index is -4.55. The number of nitrogens with zero attached hydrogens (tertiary/aromatic N) is 2. The average Bonchev–Trinajstić information content (AvgIpc) is 3.07. The van der Waals surface area contributed by atoms with Crippen molar-refractivity contribution >= 4 is 48.8 Å². The van der Waals surface area contributed by atoms with Crippen molar-refractivity contribution in [2.24, 2.45) is 0 Å². The van der Waals surface area contributed by atoms with E-state index in [1.807, 2.05) is 86.7 Å². The Kier molecular flexibility index (Phi) is 15.5. The number of benzene rings is 4. The quantitative estimate of drug-likeness (QED) is 0.127. The maximum absolute atomic E-state index is 11.5. The Morgan fingerprint density at radius 3 is 1.82 bits per heavy atom. The van der Waals surface area contributed by atoms with E-state index in [9.17, 15) is 25.9 Å². The van der Waals surface area contributed by atoms with Gasteiger partial charge >= 0.3 is 59.1 Å². The molecule has 0 radical (unpaired) electrons. The average molecular weight is 748 g/mol. The largest absolute Gasteiger partial charge is 1.00 e. The van der Waals surface area contributed by atoms with Gasteiger partial charge in [0.2, 0.25) is 0 Å². The van der Waals surface area contributed by atoms with Crippen LogP contribution in [0.25, 0.3) is 5.57 Å². The smallest absolute Gasteiger partial charge is 0.744 e. The van der Waals surface area contributed by atoms with E-state index in [2.05, 4.69) is 9.48 Å². The van der Waals surface area contributed by atoms with E-state index in [0.29, 0.717) is 42.3 Å². The first kappa shape index (κ1) is 42.1. The fourth-order valence-electron chi connectivity index (χ4n) is 5.63. The van der Waals surface area contributed by atoms with Gasteiger partial charge in [0.05, 0.1) is 9.79 Å². The summed E-state index contributed by atoms with van der Waals surface area (Å²) >= 11 is 6.73. The Morgan fingerprint density at radius 2 is 1.28 bits per heavy atom. The van der Waals surface area contributed by atoms with Crippen LogP contribution in [0, 0.1) is 0 Å². The number of allylic oxidation sites excluding steroid dienone is 5. The number of rotatable bonds is 11. The second-order valence-electron chi connectivity index (χ2n) is 11.2. The maximum Gasteiger partial charge on any atom is 1.00 e. The van der Waals surface area contributed by atoms with E-state index in [4.69, 9.17) is 11.6 Å². The summed E-state index contributed by atoms with van der Waals surface area (Å²) in [4.78, 5) is 1.59. The molecule has 0 fully saturated rings. The van der Waals surface area contributed by atoms with E-state index in [1.54, 1.807) is 24.3 Å². The second-order valence-corrected chi connectivity index (χ2v) is 14.3. The van der Waals surface area contributed by atoms with Crippen molar-refractivity contribution in [2.75, 3.05) is 18.0 Å². The molecule has 0 spiro atoms. The summed E-state index contributed by atoms with van der Waals surface area (Å²) in [7, 11) is -9.10. The van der Waals surface area contributed by atoms with Crippen LogP contribution in [0.1, 0.15) is 36.1 Å². The van der Waals surface area contributed by atoms with Gasteiger partial charge in [-0.3, -0.25) is 0 Å². The fraction of sp³-hybridized carbons (Fsp3) is 0.162. The van der Waals surface area contributed by atoms with Gasteiger partial charge < -0.3 is 14.0 Å². The van der Waals surface area contributed by atoms with Gasteiger partial charge in [-0.2, -0.15) is 0 Å². The second kappa shape index (κ2) is 18.4. The topological polar surface area (TPSA) is 121 Å². The molecule has 248 valence electrons. The van der Waals surface area contributed by atoms with Crippen molar-refractivity contribution < 1.29 is 89.6 Å². The van der Waals surface area contributed by atoms with Crippen LogP contribution >= 0.6 is 11.6 Å². The molecule has 0 atom stereocenters. The van der Waals surface area contributed by atoms with E-state index >= 15 is 0 Å². The van der Waals surface area contributed by atoms with Gasteiger partial charge in [-0.25, -0.2) is 21.4 Å². The molecule has 0 saturated carbocycles. The molecule has 4 aromatic carbocycles. The minimum absolute atomic E-state index is 0. The molecule has 0 saturated heterocycles. The monoisotopic (exact) mass is 747 g/mol. The number of hydrogen-bond acceptors (Lipinski definition) is 7. The molecule has 8 nitrogen and oxygen atoms in total. The number of halogens is 1. The van der Waals surface area contributed by atoms with Crippen LogP contribution in [-0.2, 0) is 33.3 Å². The van der Waals surface area contributed by atoms with Crippen molar-refractivity contribution in [3.05, 3.63) is 154 Å². The summed E-state index contributed by atoms with van der Waals surface area (Å²) in [6, 6.07) is 27.9. The van der Waals surface area contributed by atoms with Crippen LogP contribution in [0.3, 0.4) is 0 Å². The Hall–Kier alpha value is -2.32. The zero-order chi connectivity index (χ0) is 34.5. The molecule has 50 heavy (non-hydrogen) atoms. The van der Waals surface area contributed by atoms with Gasteiger partial charge in [0.15, 0.2) is 12.3 Å². The van der Waals surface area contributed by atoms with Crippen LogP contribution in [0.4, 0.5) is 5.69 Å². The van der Waals surface area contributed by atoms with Crippen molar-refractivity contribution in [2.45, 2.75) is 36.7 Å². The SMILES string of the molecule is CCN(Cc1cccc(S(=O)(=O)[O-])c1)c1ccc(C(=C2C=CC(=[N+](CC)Cc3cccc(S(=O)(=O)[O-])c3)C=C2)c2ccccc2Cl)cc1.[Na+].[Na+]. The van der Waals surface area contributed by atoms with Crippen LogP contribution in [0.5, 0.6) is 0 Å². The van der Waals surface area contributed by atoms with Crippen LogP contribution < -0.4 is 64.0 Å². The third-order valence-electron chi connectivity index (χ3n) is 8.07. The summed E-state index contributed by atoms with van der Waals surface area (Å²) < 4.78 is 71.3. The van der Waals surface area contributed by atoms with Crippen LogP contribution in [0.15, 0.2) is 137 Å². The van der Waals surface area contributed by atoms with Gasteiger partial charge in [-0.1, -0.05) is 66.2 Å². The van der Waals surface area contributed by atoms with Crippen molar-refractivity contribution in [3.8, 4) is 0 Å². The standard InChI is InChI=1S/C37H35ClN2O6S2.2Na/c1-3-39(25-27-9-7-11-33(23-27)47(41,42)43)31-19-15-29(16-20-31)37(35-13-5-6-14-36(35)38)30-17-21-32(22-18-30)40(4-2)26-28-10-8-12-34(24-28)48(44,45)46;;/h5-24H,3-4,25-26H2,1-2H3,(H-,41,42,43,44,45,46);;/q;2*+1/p-1. The molecule has 1 aliphatic rings. The van der Waals surface area contributed by atoms with Crippen molar-refractivity contribution in [1.82, 2.24) is 0 Å².